The largest absolute Gasteiger partial charge is 0.352 e. The minimum absolute atomic E-state index is 0.0647. The molecule has 20 heavy (non-hydrogen) atoms. The van der Waals surface area contributed by atoms with E-state index in [0.29, 0.717) is 13.0 Å². The maximum absolute atomic E-state index is 11.9. The number of benzene rings is 2. The molecule has 0 aliphatic carbocycles. The monoisotopic (exact) mass is 266 g/mol. The minimum atomic E-state index is 0.0647. The van der Waals surface area contributed by atoms with Gasteiger partial charge in [0.2, 0.25) is 5.91 Å². The highest BCUT2D eigenvalue weighted by Crippen LogP contribution is 2.16. The molecule has 3 heteroatoms. The molecule has 0 radical (unpaired) electrons. The Morgan fingerprint density at radius 3 is 2.65 bits per heavy atom. The summed E-state index contributed by atoms with van der Waals surface area (Å²) in [6, 6.07) is 16.2. The molecule has 0 unspecified atom stereocenters. The molecule has 3 rings (SSSR count). The molecule has 1 heterocycles. The third kappa shape index (κ3) is 3.06. The minimum Gasteiger partial charge on any atom is -0.352 e. The molecule has 0 saturated heterocycles. The summed E-state index contributed by atoms with van der Waals surface area (Å²) in [6.45, 7) is 2.48. The number of amides is 1. The Kier molecular flexibility index (Phi) is 3.79. The molecule has 2 aromatic carbocycles. The maximum atomic E-state index is 11.9. The van der Waals surface area contributed by atoms with Gasteiger partial charge in [-0.15, -0.1) is 0 Å². The van der Waals surface area contributed by atoms with Gasteiger partial charge in [-0.25, -0.2) is 0 Å². The highest BCUT2D eigenvalue weighted by atomic mass is 16.1. The number of carbonyl (C=O) groups is 1. The number of hydrogen-bond donors (Lipinski definition) is 2. The van der Waals surface area contributed by atoms with E-state index in [4.69, 9.17) is 0 Å². The van der Waals surface area contributed by atoms with Crippen molar-refractivity contribution in [3.63, 3.8) is 0 Å². The lowest BCUT2D eigenvalue weighted by molar-refractivity contribution is -0.120. The van der Waals surface area contributed by atoms with Crippen molar-refractivity contribution in [2.24, 2.45) is 0 Å². The van der Waals surface area contributed by atoms with Crippen molar-refractivity contribution >= 4 is 5.91 Å². The summed E-state index contributed by atoms with van der Waals surface area (Å²) in [6.07, 6.45) is 0.438. The van der Waals surface area contributed by atoms with Crippen LogP contribution in [0.1, 0.15) is 22.3 Å². The summed E-state index contributed by atoms with van der Waals surface area (Å²) in [7, 11) is 0. The Balaban J connectivity index is 1.55. The lowest BCUT2D eigenvalue weighted by atomic mass is 10.1. The third-order valence-corrected chi connectivity index (χ3v) is 3.60. The number of carbonyl (C=O) groups excluding carboxylic acids is 1. The number of rotatable bonds is 4. The predicted molar refractivity (Wildman–Crippen MR) is 79.0 cm³/mol. The van der Waals surface area contributed by atoms with Crippen molar-refractivity contribution in [2.45, 2.75) is 26.1 Å². The second-order valence-corrected chi connectivity index (χ2v) is 5.15. The van der Waals surface area contributed by atoms with Gasteiger partial charge >= 0.3 is 0 Å². The van der Waals surface area contributed by atoms with E-state index >= 15 is 0 Å². The molecule has 1 amide bonds. The Morgan fingerprint density at radius 1 is 1.00 bits per heavy atom. The number of fused-ring (bicyclic) bond motifs is 1. The summed E-state index contributed by atoms with van der Waals surface area (Å²) < 4.78 is 0. The van der Waals surface area contributed by atoms with Crippen LogP contribution in [0.3, 0.4) is 0 Å². The highest BCUT2D eigenvalue weighted by molar-refractivity contribution is 5.78. The van der Waals surface area contributed by atoms with Crippen LogP contribution in [0.4, 0.5) is 0 Å². The second kappa shape index (κ2) is 5.88. The second-order valence-electron chi connectivity index (χ2n) is 5.15. The fourth-order valence-electron chi connectivity index (χ4n) is 2.50. The zero-order valence-corrected chi connectivity index (χ0v) is 11.4. The Bertz CT molecular complexity index is 608. The summed E-state index contributed by atoms with van der Waals surface area (Å²) >= 11 is 0. The normalized spacial score (nSPS) is 13.0. The van der Waals surface area contributed by atoms with Crippen LogP contribution < -0.4 is 10.6 Å². The van der Waals surface area contributed by atoms with Gasteiger partial charge < -0.3 is 10.6 Å². The van der Waals surface area contributed by atoms with Crippen LogP contribution in [-0.2, 0) is 30.8 Å². The van der Waals surface area contributed by atoms with Crippen LogP contribution >= 0.6 is 0 Å². The van der Waals surface area contributed by atoms with E-state index in [1.807, 2.05) is 30.3 Å². The van der Waals surface area contributed by atoms with Crippen molar-refractivity contribution in [3.8, 4) is 0 Å². The van der Waals surface area contributed by atoms with E-state index in [1.54, 1.807) is 0 Å². The first-order chi connectivity index (χ1) is 9.81. The molecule has 0 spiro atoms. The van der Waals surface area contributed by atoms with Crippen molar-refractivity contribution < 1.29 is 4.79 Å². The molecule has 1 aliphatic heterocycles. The van der Waals surface area contributed by atoms with Crippen LogP contribution in [0.5, 0.6) is 0 Å². The van der Waals surface area contributed by atoms with E-state index < -0.39 is 0 Å². The van der Waals surface area contributed by atoms with Gasteiger partial charge in [0.05, 0.1) is 6.42 Å². The van der Waals surface area contributed by atoms with E-state index in [2.05, 4.69) is 28.8 Å². The molecule has 102 valence electrons. The molecule has 2 N–H and O–H groups in total. The van der Waals surface area contributed by atoms with Crippen LogP contribution in [-0.4, -0.2) is 5.91 Å². The van der Waals surface area contributed by atoms with Gasteiger partial charge in [0, 0.05) is 19.6 Å². The SMILES string of the molecule is O=C(Cc1ccccc1)NCc1ccc2c(c1)CNC2. The number of hydrogen-bond acceptors (Lipinski definition) is 2. The van der Waals surface area contributed by atoms with Gasteiger partial charge in [-0.05, 0) is 22.3 Å². The first-order valence-electron chi connectivity index (χ1n) is 6.93. The van der Waals surface area contributed by atoms with Crippen LogP contribution in [0.2, 0.25) is 0 Å². The Labute approximate surface area is 119 Å². The Hall–Kier alpha value is -2.13. The molecule has 2 aromatic rings. The summed E-state index contributed by atoms with van der Waals surface area (Å²) in [4.78, 5) is 11.9. The van der Waals surface area contributed by atoms with Gasteiger partial charge in [-0.3, -0.25) is 4.79 Å². The molecular weight excluding hydrogens is 248 g/mol. The van der Waals surface area contributed by atoms with E-state index in [9.17, 15) is 4.79 Å². The topological polar surface area (TPSA) is 41.1 Å². The molecule has 1 aliphatic rings. The lowest BCUT2D eigenvalue weighted by Gasteiger charge is -2.07. The summed E-state index contributed by atoms with van der Waals surface area (Å²) in [5.41, 5.74) is 4.92. The average molecular weight is 266 g/mol. The molecule has 0 bridgehead atoms. The fraction of sp³-hybridized carbons (Fsp3) is 0.235. The van der Waals surface area contributed by atoms with Crippen molar-refractivity contribution in [2.75, 3.05) is 0 Å². The van der Waals surface area contributed by atoms with Crippen molar-refractivity contribution in [3.05, 3.63) is 70.8 Å². The Morgan fingerprint density at radius 2 is 1.80 bits per heavy atom. The molecule has 0 saturated carbocycles. The zero-order chi connectivity index (χ0) is 13.8. The quantitative estimate of drug-likeness (QED) is 0.890. The van der Waals surface area contributed by atoms with Gasteiger partial charge in [-0.1, -0.05) is 48.5 Å². The van der Waals surface area contributed by atoms with E-state index in [-0.39, 0.29) is 5.91 Å². The summed E-state index contributed by atoms with van der Waals surface area (Å²) in [5, 5.41) is 6.30. The van der Waals surface area contributed by atoms with Crippen LogP contribution in [0, 0.1) is 0 Å². The standard InChI is InChI=1S/C17H18N2O/c20-17(9-13-4-2-1-3-5-13)19-10-14-6-7-15-11-18-12-16(15)8-14/h1-8,18H,9-12H2,(H,19,20). The molecule has 3 nitrogen and oxygen atoms in total. The van der Waals surface area contributed by atoms with E-state index in [0.717, 1.165) is 24.2 Å². The van der Waals surface area contributed by atoms with Crippen LogP contribution in [0.25, 0.3) is 0 Å². The van der Waals surface area contributed by atoms with Crippen molar-refractivity contribution in [1.29, 1.82) is 0 Å². The first-order valence-corrected chi connectivity index (χ1v) is 6.93. The molecule has 0 atom stereocenters. The van der Waals surface area contributed by atoms with Gasteiger partial charge in [0.1, 0.15) is 0 Å². The fourth-order valence-corrected chi connectivity index (χ4v) is 2.50. The summed E-state index contributed by atoms with van der Waals surface area (Å²) in [5.74, 6) is 0.0647. The van der Waals surface area contributed by atoms with Gasteiger partial charge in [0.25, 0.3) is 0 Å². The molecule has 0 fully saturated rings. The van der Waals surface area contributed by atoms with Crippen molar-refractivity contribution in [1.82, 2.24) is 10.6 Å². The maximum Gasteiger partial charge on any atom is 0.224 e. The molecular formula is C17H18N2O. The average Bonchev–Trinajstić information content (AvgIpc) is 2.93. The van der Waals surface area contributed by atoms with Crippen LogP contribution in [0.15, 0.2) is 48.5 Å². The van der Waals surface area contributed by atoms with Gasteiger partial charge in [0.15, 0.2) is 0 Å². The lowest BCUT2D eigenvalue weighted by Crippen LogP contribution is -2.24. The first kappa shape index (κ1) is 12.9. The van der Waals surface area contributed by atoms with E-state index in [1.165, 1.54) is 11.1 Å². The number of nitrogens with one attached hydrogen (secondary N) is 2. The third-order valence-electron chi connectivity index (χ3n) is 3.60. The van der Waals surface area contributed by atoms with Gasteiger partial charge in [-0.2, -0.15) is 0 Å². The highest BCUT2D eigenvalue weighted by Gasteiger charge is 2.10. The molecule has 0 aromatic heterocycles. The predicted octanol–water partition coefficient (Wildman–Crippen LogP) is 2.15. The zero-order valence-electron chi connectivity index (χ0n) is 11.4. The smallest absolute Gasteiger partial charge is 0.224 e.